The second-order valence-electron chi connectivity index (χ2n) is 4.05. The summed E-state index contributed by atoms with van der Waals surface area (Å²) in [6, 6.07) is 0. The molecule has 94 valence electrons. The van der Waals surface area contributed by atoms with Crippen molar-refractivity contribution in [2.45, 2.75) is 13.8 Å². The van der Waals surface area contributed by atoms with Gasteiger partial charge in [0, 0.05) is 0 Å². The summed E-state index contributed by atoms with van der Waals surface area (Å²) in [5.74, 6) is -9.48. The maximum absolute atomic E-state index is 11.4. The summed E-state index contributed by atoms with van der Waals surface area (Å²) in [7, 11) is 0. The van der Waals surface area contributed by atoms with Crippen molar-refractivity contribution in [3.63, 3.8) is 0 Å². The summed E-state index contributed by atoms with van der Waals surface area (Å²) in [6.07, 6.45) is 0. The van der Waals surface area contributed by atoms with Crippen molar-refractivity contribution in [2.24, 2.45) is 23.7 Å². The molecule has 17 heavy (non-hydrogen) atoms. The molecule has 0 aromatic rings. The smallest absolute Gasteiger partial charge is 0.318 e. The second kappa shape index (κ2) is 4.52. The highest BCUT2D eigenvalue weighted by molar-refractivity contribution is 5.99. The number of cyclic esters (lactones) is 2. The first-order valence-corrected chi connectivity index (χ1v) is 4.98. The van der Waals surface area contributed by atoms with E-state index < -0.39 is 47.5 Å². The van der Waals surface area contributed by atoms with Crippen molar-refractivity contribution in [1.29, 1.82) is 0 Å². The Kier molecular flexibility index (Phi) is 3.50. The molecule has 1 saturated heterocycles. The van der Waals surface area contributed by atoms with Crippen LogP contribution in [0.2, 0.25) is 0 Å². The fourth-order valence-electron chi connectivity index (χ4n) is 1.90. The van der Waals surface area contributed by atoms with Crippen LogP contribution in [0.5, 0.6) is 0 Å². The van der Waals surface area contributed by atoms with Crippen LogP contribution in [0.4, 0.5) is 0 Å². The lowest BCUT2D eigenvalue weighted by Gasteiger charge is -2.21. The number of carboxylic acids is 2. The normalized spacial score (nSPS) is 27.4. The standard InChI is InChI=1S/C10H12O7/c1-3(7(11)12)5(8(13)14)6-4(2)9(15)17-10(6)16/h3-6H,1-2H3,(H,11,12)(H,13,14). The Morgan fingerprint density at radius 2 is 1.71 bits per heavy atom. The maximum Gasteiger partial charge on any atom is 0.318 e. The molecule has 2 N–H and O–H groups in total. The average molecular weight is 244 g/mol. The number of ether oxygens (including phenoxy) is 1. The predicted molar refractivity (Wildman–Crippen MR) is 51.7 cm³/mol. The van der Waals surface area contributed by atoms with E-state index in [9.17, 15) is 19.2 Å². The molecule has 1 aliphatic heterocycles. The lowest BCUT2D eigenvalue weighted by Crippen LogP contribution is -2.38. The zero-order valence-electron chi connectivity index (χ0n) is 9.25. The molecule has 0 radical (unpaired) electrons. The van der Waals surface area contributed by atoms with Gasteiger partial charge in [0.05, 0.1) is 23.7 Å². The van der Waals surface area contributed by atoms with E-state index in [0.717, 1.165) is 0 Å². The molecule has 0 amide bonds. The monoisotopic (exact) mass is 244 g/mol. The minimum Gasteiger partial charge on any atom is -0.481 e. The highest BCUT2D eigenvalue weighted by atomic mass is 16.6. The van der Waals surface area contributed by atoms with Crippen LogP contribution in [0.25, 0.3) is 0 Å². The van der Waals surface area contributed by atoms with E-state index in [4.69, 9.17) is 10.2 Å². The first-order valence-electron chi connectivity index (χ1n) is 4.98. The number of carbonyl (C=O) groups is 4. The van der Waals surface area contributed by atoms with Crippen LogP contribution in [-0.2, 0) is 23.9 Å². The Morgan fingerprint density at radius 3 is 2.00 bits per heavy atom. The fourth-order valence-corrected chi connectivity index (χ4v) is 1.90. The lowest BCUT2D eigenvalue weighted by molar-refractivity contribution is -0.160. The first kappa shape index (κ1) is 13.1. The van der Waals surface area contributed by atoms with Crippen LogP contribution in [-0.4, -0.2) is 34.1 Å². The van der Waals surface area contributed by atoms with Gasteiger partial charge in [-0.15, -0.1) is 0 Å². The van der Waals surface area contributed by atoms with Crippen molar-refractivity contribution in [3.8, 4) is 0 Å². The van der Waals surface area contributed by atoms with Gasteiger partial charge in [0.2, 0.25) is 0 Å². The van der Waals surface area contributed by atoms with Crippen LogP contribution in [0.15, 0.2) is 0 Å². The number of carboxylic acid groups (broad SMARTS) is 2. The average Bonchev–Trinajstić information content (AvgIpc) is 2.44. The molecule has 0 saturated carbocycles. The number of hydrogen-bond donors (Lipinski definition) is 2. The Hall–Kier alpha value is -1.92. The van der Waals surface area contributed by atoms with Gasteiger partial charge >= 0.3 is 23.9 Å². The largest absolute Gasteiger partial charge is 0.481 e. The number of esters is 2. The highest BCUT2D eigenvalue weighted by Crippen LogP contribution is 2.34. The zero-order chi connectivity index (χ0) is 13.3. The topological polar surface area (TPSA) is 118 Å². The highest BCUT2D eigenvalue weighted by Gasteiger charge is 2.51. The number of aliphatic carboxylic acids is 2. The van der Waals surface area contributed by atoms with Crippen molar-refractivity contribution in [3.05, 3.63) is 0 Å². The molecule has 7 nitrogen and oxygen atoms in total. The van der Waals surface area contributed by atoms with Gasteiger partial charge in [0.1, 0.15) is 0 Å². The van der Waals surface area contributed by atoms with Gasteiger partial charge in [-0.05, 0) is 0 Å². The van der Waals surface area contributed by atoms with Gasteiger partial charge < -0.3 is 14.9 Å². The second-order valence-corrected chi connectivity index (χ2v) is 4.05. The fraction of sp³-hybridized carbons (Fsp3) is 0.600. The minimum absolute atomic E-state index is 0.816. The summed E-state index contributed by atoms with van der Waals surface area (Å²) in [5.41, 5.74) is 0. The molecule has 1 fully saturated rings. The molecular weight excluding hydrogens is 232 g/mol. The van der Waals surface area contributed by atoms with E-state index in [0.29, 0.717) is 0 Å². The van der Waals surface area contributed by atoms with Crippen molar-refractivity contribution < 1.29 is 34.1 Å². The summed E-state index contributed by atoms with van der Waals surface area (Å²) < 4.78 is 4.31. The van der Waals surface area contributed by atoms with Crippen molar-refractivity contribution in [1.82, 2.24) is 0 Å². The molecule has 1 rings (SSSR count). The van der Waals surface area contributed by atoms with E-state index >= 15 is 0 Å². The minimum atomic E-state index is -1.47. The van der Waals surface area contributed by atoms with Gasteiger partial charge in [0.25, 0.3) is 0 Å². The first-order chi connectivity index (χ1) is 7.77. The predicted octanol–water partition coefficient (Wildman–Crippen LogP) is -0.256. The van der Waals surface area contributed by atoms with E-state index in [-0.39, 0.29) is 0 Å². The molecule has 0 spiro atoms. The molecule has 0 bridgehead atoms. The Morgan fingerprint density at radius 1 is 1.18 bits per heavy atom. The third-order valence-electron chi connectivity index (χ3n) is 2.98. The van der Waals surface area contributed by atoms with Gasteiger partial charge in [-0.1, -0.05) is 13.8 Å². The lowest BCUT2D eigenvalue weighted by atomic mass is 9.77. The van der Waals surface area contributed by atoms with Gasteiger partial charge in [0.15, 0.2) is 0 Å². The molecule has 1 heterocycles. The Balaban J connectivity index is 3.07. The van der Waals surface area contributed by atoms with Crippen LogP contribution in [0, 0.1) is 23.7 Å². The van der Waals surface area contributed by atoms with E-state index in [1.807, 2.05) is 0 Å². The molecule has 4 atom stereocenters. The van der Waals surface area contributed by atoms with Crippen LogP contribution in [0.1, 0.15) is 13.8 Å². The summed E-state index contributed by atoms with van der Waals surface area (Å²) >= 11 is 0. The maximum atomic E-state index is 11.4. The molecule has 1 aliphatic rings. The van der Waals surface area contributed by atoms with Crippen LogP contribution < -0.4 is 0 Å². The van der Waals surface area contributed by atoms with Crippen LogP contribution >= 0.6 is 0 Å². The van der Waals surface area contributed by atoms with Gasteiger partial charge in [-0.2, -0.15) is 0 Å². The summed E-state index contributed by atoms with van der Waals surface area (Å²) in [5, 5.41) is 17.8. The molecule has 4 unspecified atom stereocenters. The Labute approximate surface area is 96.4 Å². The Bertz CT molecular complexity index is 386. The molecule has 0 aliphatic carbocycles. The third-order valence-corrected chi connectivity index (χ3v) is 2.98. The van der Waals surface area contributed by atoms with Gasteiger partial charge in [-0.3, -0.25) is 19.2 Å². The number of carbonyl (C=O) groups excluding carboxylic acids is 2. The van der Waals surface area contributed by atoms with E-state index in [2.05, 4.69) is 4.74 Å². The quantitative estimate of drug-likeness (QED) is 0.516. The van der Waals surface area contributed by atoms with Crippen molar-refractivity contribution >= 4 is 23.9 Å². The summed E-state index contributed by atoms with van der Waals surface area (Å²) in [4.78, 5) is 44.3. The van der Waals surface area contributed by atoms with Crippen LogP contribution in [0.3, 0.4) is 0 Å². The van der Waals surface area contributed by atoms with Gasteiger partial charge in [-0.25, -0.2) is 0 Å². The molecule has 0 aromatic carbocycles. The molecule has 0 aromatic heterocycles. The number of hydrogen-bond acceptors (Lipinski definition) is 5. The molecular formula is C10H12O7. The van der Waals surface area contributed by atoms with E-state index in [1.165, 1.54) is 13.8 Å². The number of rotatable bonds is 4. The molecule has 7 heteroatoms. The third kappa shape index (κ3) is 2.27. The zero-order valence-corrected chi connectivity index (χ0v) is 9.25. The summed E-state index contributed by atoms with van der Waals surface area (Å²) in [6.45, 7) is 2.53. The van der Waals surface area contributed by atoms with Crippen molar-refractivity contribution in [2.75, 3.05) is 0 Å². The SMILES string of the molecule is CC(C(=O)O)C(C(=O)O)C1C(=O)OC(=O)C1C. The van der Waals surface area contributed by atoms with E-state index in [1.54, 1.807) is 0 Å².